The summed E-state index contributed by atoms with van der Waals surface area (Å²) in [6.45, 7) is 18.9. The lowest BCUT2D eigenvalue weighted by molar-refractivity contribution is -0.401. The number of hydrogen-bond donors (Lipinski definition) is 0. The molecule has 5 heteroatoms. The number of carbonyl (C=O) groups is 1. The number of nitro groups is 1. The van der Waals surface area contributed by atoms with Crippen molar-refractivity contribution in [3.63, 3.8) is 0 Å². The SMILES string of the molecule is CC(C)=CCC[C@@H](C)[C@H]1CC[C@@]2(C)C3=C(CC[C@]12C)[C@@]1(C)CC[C@H](OC(=O)[N+](=O)[O-])C(C)(C)C1CC3. The average Bonchev–Trinajstić information content (AvgIpc) is 3.06. The van der Waals surface area contributed by atoms with E-state index in [0.29, 0.717) is 17.8 Å². The molecule has 2 saturated carbocycles. The number of amides is 1. The highest BCUT2D eigenvalue weighted by atomic mass is 16.7. The second-order valence-corrected chi connectivity index (χ2v) is 14.2. The summed E-state index contributed by atoms with van der Waals surface area (Å²) in [5.41, 5.74) is 5.31. The molecule has 0 aliphatic heterocycles. The van der Waals surface area contributed by atoms with E-state index in [1.54, 1.807) is 11.1 Å². The van der Waals surface area contributed by atoms with Gasteiger partial charge in [-0.05, 0) is 112 Å². The van der Waals surface area contributed by atoms with Crippen LogP contribution in [-0.4, -0.2) is 17.1 Å². The standard InChI is InChI=1S/C31H49NO4/c1-20(2)10-9-11-21(3)22-14-18-31(8)24-12-13-25-28(4,5)26(36-27(33)32(34)35)16-17-29(25,6)23(24)15-19-30(22,31)7/h10,21-22,25-26H,9,11-19H2,1-8H3/t21-,22-,25?,26+,29-,30-,31+/m1/s1. The molecule has 2 fully saturated rings. The number of nitrogens with zero attached hydrogens (tertiary/aromatic N) is 1. The van der Waals surface area contributed by atoms with Crippen LogP contribution in [-0.2, 0) is 4.74 Å². The molecule has 0 radical (unpaired) electrons. The molecular formula is C31H49NO4. The molecule has 0 aromatic rings. The fraction of sp³-hybridized carbons (Fsp3) is 0.839. The lowest BCUT2D eigenvalue weighted by Gasteiger charge is -2.62. The largest absolute Gasteiger partial charge is 0.656 e. The topological polar surface area (TPSA) is 69.4 Å². The third kappa shape index (κ3) is 4.07. The number of hydrogen-bond acceptors (Lipinski definition) is 4. The molecule has 5 nitrogen and oxygen atoms in total. The first kappa shape index (κ1) is 27.4. The molecule has 0 aromatic heterocycles. The van der Waals surface area contributed by atoms with Gasteiger partial charge in [0.1, 0.15) is 11.0 Å². The van der Waals surface area contributed by atoms with Crippen molar-refractivity contribution in [2.75, 3.05) is 0 Å². The van der Waals surface area contributed by atoms with Crippen molar-refractivity contribution in [1.82, 2.24) is 0 Å². The van der Waals surface area contributed by atoms with Gasteiger partial charge < -0.3 is 4.74 Å². The molecule has 4 aliphatic carbocycles. The van der Waals surface area contributed by atoms with E-state index in [9.17, 15) is 14.9 Å². The van der Waals surface area contributed by atoms with Crippen LogP contribution in [0.5, 0.6) is 0 Å². The monoisotopic (exact) mass is 499 g/mol. The molecule has 4 aliphatic rings. The highest BCUT2D eigenvalue weighted by Crippen LogP contribution is 2.72. The second-order valence-electron chi connectivity index (χ2n) is 14.2. The lowest BCUT2D eigenvalue weighted by Crippen LogP contribution is -2.56. The Morgan fingerprint density at radius 1 is 1.06 bits per heavy atom. The summed E-state index contributed by atoms with van der Waals surface area (Å²) in [6.07, 6.45) is 12.1. The van der Waals surface area contributed by atoms with Crippen molar-refractivity contribution in [3.8, 4) is 0 Å². The summed E-state index contributed by atoms with van der Waals surface area (Å²) in [7, 11) is 0. The normalized spacial score (nSPS) is 39.9. The van der Waals surface area contributed by atoms with Crippen LogP contribution in [0.3, 0.4) is 0 Å². The fourth-order valence-electron chi connectivity index (χ4n) is 9.83. The van der Waals surface area contributed by atoms with E-state index in [0.717, 1.165) is 31.1 Å². The van der Waals surface area contributed by atoms with E-state index in [1.165, 1.54) is 44.1 Å². The Morgan fingerprint density at radius 2 is 1.75 bits per heavy atom. The van der Waals surface area contributed by atoms with Crippen molar-refractivity contribution in [2.24, 2.45) is 39.4 Å². The first-order chi connectivity index (χ1) is 16.7. The van der Waals surface area contributed by atoms with Gasteiger partial charge in [-0.15, -0.1) is 0 Å². The van der Waals surface area contributed by atoms with Crippen LogP contribution in [0.1, 0.15) is 120 Å². The minimum absolute atomic E-state index is 0.0894. The number of allylic oxidation sites excluding steroid dienone is 4. The van der Waals surface area contributed by atoms with Gasteiger partial charge in [0.25, 0.3) is 0 Å². The first-order valence-electron chi connectivity index (χ1n) is 14.4. The first-order valence-corrected chi connectivity index (χ1v) is 14.4. The molecule has 7 atom stereocenters. The molecule has 0 N–H and O–H groups in total. The van der Waals surface area contributed by atoms with Crippen molar-refractivity contribution in [2.45, 2.75) is 126 Å². The summed E-state index contributed by atoms with van der Waals surface area (Å²) >= 11 is 0. The molecule has 0 heterocycles. The van der Waals surface area contributed by atoms with Gasteiger partial charge in [-0.25, -0.2) is 0 Å². The number of ether oxygens (including phenoxy) is 1. The van der Waals surface area contributed by atoms with Gasteiger partial charge in [0.05, 0.1) is 0 Å². The molecule has 1 amide bonds. The van der Waals surface area contributed by atoms with Crippen LogP contribution in [0.25, 0.3) is 0 Å². The Hall–Kier alpha value is -1.65. The minimum Gasteiger partial charge on any atom is -0.404 e. The summed E-state index contributed by atoms with van der Waals surface area (Å²) in [6, 6.07) is 0. The van der Waals surface area contributed by atoms with Crippen LogP contribution in [0.15, 0.2) is 22.8 Å². The molecule has 1 unspecified atom stereocenters. The quantitative estimate of drug-likeness (QED) is 0.215. The highest BCUT2D eigenvalue weighted by molar-refractivity contribution is 5.57. The summed E-state index contributed by atoms with van der Waals surface area (Å²) in [5, 5.41) is 11.0. The Bertz CT molecular complexity index is 975. The fourth-order valence-corrected chi connectivity index (χ4v) is 9.83. The van der Waals surface area contributed by atoms with Crippen LogP contribution >= 0.6 is 0 Å². The van der Waals surface area contributed by atoms with E-state index in [2.05, 4.69) is 61.5 Å². The Kier molecular flexibility index (Phi) is 7.05. The number of fused-ring (bicyclic) bond motifs is 4. The Balaban J connectivity index is 1.61. The van der Waals surface area contributed by atoms with Crippen LogP contribution in [0.4, 0.5) is 4.79 Å². The zero-order chi connectivity index (χ0) is 26.7. The third-order valence-electron chi connectivity index (χ3n) is 12.0. The van der Waals surface area contributed by atoms with Gasteiger partial charge in [0, 0.05) is 5.41 Å². The van der Waals surface area contributed by atoms with Crippen molar-refractivity contribution in [3.05, 3.63) is 32.9 Å². The zero-order valence-corrected chi connectivity index (χ0v) is 24.0. The smallest absolute Gasteiger partial charge is 0.404 e. The molecule has 0 spiro atoms. The third-order valence-corrected chi connectivity index (χ3v) is 12.0. The molecule has 202 valence electrons. The lowest BCUT2D eigenvalue weighted by atomic mass is 9.43. The zero-order valence-electron chi connectivity index (χ0n) is 24.0. The van der Waals surface area contributed by atoms with E-state index in [1.807, 2.05) is 0 Å². The van der Waals surface area contributed by atoms with Crippen LogP contribution in [0, 0.1) is 49.5 Å². The summed E-state index contributed by atoms with van der Waals surface area (Å²) < 4.78 is 5.43. The Morgan fingerprint density at radius 3 is 2.39 bits per heavy atom. The maximum atomic E-state index is 11.8. The van der Waals surface area contributed by atoms with E-state index >= 15 is 0 Å². The minimum atomic E-state index is -1.30. The molecule has 4 rings (SSSR count). The van der Waals surface area contributed by atoms with Gasteiger partial charge >= 0.3 is 6.09 Å². The molecular weight excluding hydrogens is 450 g/mol. The van der Waals surface area contributed by atoms with Crippen molar-refractivity contribution in [1.29, 1.82) is 0 Å². The second kappa shape index (κ2) is 9.27. The van der Waals surface area contributed by atoms with Crippen LogP contribution in [0.2, 0.25) is 0 Å². The number of rotatable bonds is 5. The van der Waals surface area contributed by atoms with Gasteiger partial charge in [-0.2, -0.15) is 4.79 Å². The van der Waals surface area contributed by atoms with Crippen LogP contribution < -0.4 is 0 Å². The maximum absolute atomic E-state index is 11.8. The molecule has 0 saturated heterocycles. The van der Waals surface area contributed by atoms with Crippen molar-refractivity contribution >= 4 is 6.09 Å². The molecule has 36 heavy (non-hydrogen) atoms. The van der Waals surface area contributed by atoms with E-state index in [-0.39, 0.29) is 16.2 Å². The molecule has 0 aromatic carbocycles. The van der Waals surface area contributed by atoms with E-state index in [4.69, 9.17) is 4.74 Å². The van der Waals surface area contributed by atoms with Gasteiger partial charge in [-0.3, -0.25) is 10.1 Å². The summed E-state index contributed by atoms with van der Waals surface area (Å²) in [4.78, 5) is 21.9. The van der Waals surface area contributed by atoms with Crippen molar-refractivity contribution < 1.29 is 14.5 Å². The number of carbonyl (C=O) groups excluding carboxylic acids is 1. The highest BCUT2D eigenvalue weighted by Gasteiger charge is 2.63. The van der Waals surface area contributed by atoms with Gasteiger partial charge in [-0.1, -0.05) is 64.3 Å². The van der Waals surface area contributed by atoms with Gasteiger partial charge in [0.15, 0.2) is 0 Å². The average molecular weight is 500 g/mol. The van der Waals surface area contributed by atoms with E-state index < -0.39 is 17.1 Å². The predicted octanol–water partition coefficient (Wildman–Crippen LogP) is 8.90. The molecule has 0 bridgehead atoms. The predicted molar refractivity (Wildman–Crippen MR) is 144 cm³/mol. The summed E-state index contributed by atoms with van der Waals surface area (Å²) in [5.74, 6) is 1.89. The maximum Gasteiger partial charge on any atom is 0.656 e. The van der Waals surface area contributed by atoms with Gasteiger partial charge in [0.2, 0.25) is 0 Å². The Labute approximate surface area is 218 Å².